The van der Waals surface area contributed by atoms with E-state index in [9.17, 15) is 13.2 Å². The number of hydrogen-bond donors (Lipinski definition) is 2. The van der Waals surface area contributed by atoms with Crippen LogP contribution in [0.3, 0.4) is 0 Å². The third kappa shape index (κ3) is 4.08. The van der Waals surface area contributed by atoms with Gasteiger partial charge in [0.2, 0.25) is 0 Å². The predicted octanol–water partition coefficient (Wildman–Crippen LogP) is 1.87. The highest BCUT2D eigenvalue weighted by molar-refractivity contribution is 7.91. The smallest absolute Gasteiger partial charge is 0.252 e. The Balaban J connectivity index is 2.16. The summed E-state index contributed by atoms with van der Waals surface area (Å²) in [5.74, 6) is -0.258. The Labute approximate surface area is 132 Å². The lowest BCUT2D eigenvalue weighted by atomic mass is 9.91. The van der Waals surface area contributed by atoms with Gasteiger partial charge in [0.25, 0.3) is 5.91 Å². The lowest BCUT2D eigenvalue weighted by Gasteiger charge is -2.27. The molecule has 1 aromatic carbocycles. The van der Waals surface area contributed by atoms with E-state index in [0.29, 0.717) is 6.42 Å². The Kier molecular flexibility index (Phi) is 5.58. The highest BCUT2D eigenvalue weighted by Gasteiger charge is 2.24. The topological polar surface area (TPSA) is 89.3 Å². The van der Waals surface area contributed by atoms with Gasteiger partial charge in [0, 0.05) is 12.1 Å². The summed E-state index contributed by atoms with van der Waals surface area (Å²) in [6.07, 6.45) is 3.99. The molecule has 122 valence electrons. The zero-order valence-electron chi connectivity index (χ0n) is 12.9. The van der Waals surface area contributed by atoms with E-state index in [1.807, 2.05) is 6.92 Å². The summed E-state index contributed by atoms with van der Waals surface area (Å²) in [5.41, 5.74) is 6.10. The summed E-state index contributed by atoms with van der Waals surface area (Å²) in [6, 6.07) is 6.72. The van der Waals surface area contributed by atoms with Crippen molar-refractivity contribution in [3.05, 3.63) is 29.8 Å². The number of benzene rings is 1. The van der Waals surface area contributed by atoms with Crippen LogP contribution in [0.4, 0.5) is 0 Å². The first-order valence-corrected chi connectivity index (χ1v) is 9.47. The van der Waals surface area contributed by atoms with E-state index in [-0.39, 0.29) is 34.2 Å². The average Bonchev–Trinajstić information content (AvgIpc) is 2.49. The van der Waals surface area contributed by atoms with Crippen LogP contribution < -0.4 is 11.1 Å². The fourth-order valence-electron chi connectivity index (χ4n) is 2.83. The lowest BCUT2D eigenvalue weighted by molar-refractivity contribution is 0.0922. The fraction of sp³-hybridized carbons (Fsp3) is 0.562. The second kappa shape index (κ2) is 7.24. The van der Waals surface area contributed by atoms with Crippen molar-refractivity contribution >= 4 is 15.7 Å². The van der Waals surface area contributed by atoms with Gasteiger partial charge in [0.1, 0.15) is 0 Å². The van der Waals surface area contributed by atoms with Gasteiger partial charge in [-0.1, -0.05) is 19.1 Å². The van der Waals surface area contributed by atoms with Gasteiger partial charge in [-0.2, -0.15) is 0 Å². The Hall–Kier alpha value is -1.40. The van der Waals surface area contributed by atoms with Gasteiger partial charge < -0.3 is 11.1 Å². The zero-order chi connectivity index (χ0) is 16.2. The monoisotopic (exact) mass is 324 g/mol. The van der Waals surface area contributed by atoms with Crippen LogP contribution in [0.15, 0.2) is 29.2 Å². The molecule has 1 aliphatic carbocycles. The first kappa shape index (κ1) is 17.0. The van der Waals surface area contributed by atoms with Crippen LogP contribution >= 0.6 is 0 Å². The number of rotatable bonds is 5. The minimum Gasteiger partial charge on any atom is -0.349 e. The Bertz CT molecular complexity index is 620. The van der Waals surface area contributed by atoms with Crippen molar-refractivity contribution in [3.8, 4) is 0 Å². The molecule has 2 rings (SSSR count). The number of sulfone groups is 1. The molecular formula is C16H24N2O3S. The third-order valence-corrected chi connectivity index (χ3v) is 6.02. The molecule has 0 atom stereocenters. The minimum absolute atomic E-state index is 0.0512. The number of nitrogens with two attached hydrogens (primary N) is 1. The second-order valence-corrected chi connectivity index (χ2v) is 7.98. The zero-order valence-corrected chi connectivity index (χ0v) is 13.7. The van der Waals surface area contributed by atoms with E-state index in [1.165, 1.54) is 6.07 Å². The normalized spacial score (nSPS) is 22.3. The molecule has 1 fully saturated rings. The first-order chi connectivity index (χ1) is 10.4. The van der Waals surface area contributed by atoms with Crippen molar-refractivity contribution in [3.63, 3.8) is 0 Å². The standard InChI is InChI=1S/C16H24N2O3S/c1-2-11-22(20,21)15-6-4-3-5-14(15)16(19)18-13-9-7-12(17)8-10-13/h3-6,12-13H,2,7-11,17H2,1H3,(H,18,19). The van der Waals surface area contributed by atoms with Gasteiger partial charge in [-0.05, 0) is 44.2 Å². The number of carbonyl (C=O) groups excluding carboxylic acids is 1. The molecule has 6 heteroatoms. The number of carbonyl (C=O) groups is 1. The molecule has 1 saturated carbocycles. The molecule has 0 aliphatic heterocycles. The Morgan fingerprint density at radius 1 is 1.23 bits per heavy atom. The highest BCUT2D eigenvalue weighted by atomic mass is 32.2. The summed E-state index contributed by atoms with van der Waals surface area (Å²) >= 11 is 0. The molecule has 1 amide bonds. The van der Waals surface area contributed by atoms with Crippen molar-refractivity contribution in [1.29, 1.82) is 0 Å². The van der Waals surface area contributed by atoms with Crippen molar-refractivity contribution in [2.45, 2.75) is 56.0 Å². The SMILES string of the molecule is CCCS(=O)(=O)c1ccccc1C(=O)NC1CCC(N)CC1. The molecule has 3 N–H and O–H groups in total. The van der Waals surface area contributed by atoms with Gasteiger partial charge >= 0.3 is 0 Å². The van der Waals surface area contributed by atoms with Crippen LogP contribution in [0.5, 0.6) is 0 Å². The average molecular weight is 324 g/mol. The molecule has 1 aromatic rings. The molecule has 0 aromatic heterocycles. The lowest BCUT2D eigenvalue weighted by Crippen LogP contribution is -2.40. The van der Waals surface area contributed by atoms with E-state index in [2.05, 4.69) is 5.32 Å². The van der Waals surface area contributed by atoms with Crippen LogP contribution in [-0.2, 0) is 9.84 Å². The van der Waals surface area contributed by atoms with Crippen LogP contribution in [0.2, 0.25) is 0 Å². The van der Waals surface area contributed by atoms with Crippen molar-refractivity contribution < 1.29 is 13.2 Å². The maximum atomic E-state index is 12.5. The highest BCUT2D eigenvalue weighted by Crippen LogP contribution is 2.20. The maximum Gasteiger partial charge on any atom is 0.252 e. The fourth-order valence-corrected chi connectivity index (χ4v) is 4.37. The second-order valence-electron chi connectivity index (χ2n) is 5.90. The van der Waals surface area contributed by atoms with E-state index < -0.39 is 9.84 Å². The third-order valence-electron chi connectivity index (χ3n) is 4.05. The van der Waals surface area contributed by atoms with E-state index in [0.717, 1.165) is 25.7 Å². The number of hydrogen-bond acceptors (Lipinski definition) is 4. The van der Waals surface area contributed by atoms with E-state index in [4.69, 9.17) is 5.73 Å². The van der Waals surface area contributed by atoms with Crippen LogP contribution in [0.25, 0.3) is 0 Å². The largest absolute Gasteiger partial charge is 0.349 e. The van der Waals surface area contributed by atoms with Crippen molar-refractivity contribution in [2.24, 2.45) is 5.73 Å². The molecule has 0 bridgehead atoms. The van der Waals surface area contributed by atoms with E-state index in [1.54, 1.807) is 18.2 Å². The Morgan fingerprint density at radius 3 is 2.50 bits per heavy atom. The van der Waals surface area contributed by atoms with Crippen LogP contribution in [0, 0.1) is 0 Å². The maximum absolute atomic E-state index is 12.5. The predicted molar refractivity (Wildman–Crippen MR) is 86.5 cm³/mol. The molecule has 5 nitrogen and oxygen atoms in total. The molecule has 1 aliphatic rings. The molecule has 0 radical (unpaired) electrons. The summed E-state index contributed by atoms with van der Waals surface area (Å²) in [6.45, 7) is 1.81. The molecule has 0 spiro atoms. The van der Waals surface area contributed by atoms with Gasteiger partial charge in [-0.15, -0.1) is 0 Å². The van der Waals surface area contributed by atoms with Crippen molar-refractivity contribution in [2.75, 3.05) is 5.75 Å². The Morgan fingerprint density at radius 2 is 1.86 bits per heavy atom. The van der Waals surface area contributed by atoms with Gasteiger partial charge in [0.15, 0.2) is 9.84 Å². The molecule has 0 heterocycles. The van der Waals surface area contributed by atoms with E-state index >= 15 is 0 Å². The summed E-state index contributed by atoms with van der Waals surface area (Å²) in [5, 5.41) is 2.95. The van der Waals surface area contributed by atoms with Gasteiger partial charge in [-0.3, -0.25) is 4.79 Å². The van der Waals surface area contributed by atoms with Crippen LogP contribution in [-0.4, -0.2) is 32.2 Å². The minimum atomic E-state index is -3.42. The number of nitrogens with one attached hydrogen (secondary N) is 1. The van der Waals surface area contributed by atoms with Gasteiger partial charge in [-0.25, -0.2) is 8.42 Å². The molecule has 22 heavy (non-hydrogen) atoms. The molecular weight excluding hydrogens is 300 g/mol. The van der Waals surface area contributed by atoms with Crippen molar-refractivity contribution in [1.82, 2.24) is 5.32 Å². The first-order valence-electron chi connectivity index (χ1n) is 7.82. The summed E-state index contributed by atoms with van der Waals surface area (Å²) in [4.78, 5) is 12.6. The molecule has 0 saturated heterocycles. The summed E-state index contributed by atoms with van der Waals surface area (Å²) in [7, 11) is -3.42. The quantitative estimate of drug-likeness (QED) is 0.865. The van der Waals surface area contributed by atoms with Gasteiger partial charge in [0.05, 0.1) is 16.2 Å². The summed E-state index contributed by atoms with van der Waals surface area (Å²) < 4.78 is 24.6. The number of amides is 1. The van der Waals surface area contributed by atoms with Crippen LogP contribution in [0.1, 0.15) is 49.4 Å². The molecule has 0 unspecified atom stereocenters.